The van der Waals surface area contributed by atoms with E-state index in [-0.39, 0.29) is 36.1 Å². The van der Waals surface area contributed by atoms with Crippen molar-refractivity contribution in [2.75, 3.05) is 6.54 Å². The summed E-state index contributed by atoms with van der Waals surface area (Å²) in [6.45, 7) is 5.60. The average molecular weight is 280 g/mol. The summed E-state index contributed by atoms with van der Waals surface area (Å²) in [6, 6.07) is 6.03. The third-order valence-electron chi connectivity index (χ3n) is 2.51. The van der Waals surface area contributed by atoms with Crippen molar-refractivity contribution in [3.05, 3.63) is 35.6 Å². The number of hydrogen-bond donors (Lipinski definition) is 2. The van der Waals surface area contributed by atoms with Crippen LogP contribution in [0.1, 0.15) is 32.8 Å². The number of hydrogen-bond acceptors (Lipinski definition) is 2. The molecule has 0 heterocycles. The van der Waals surface area contributed by atoms with Crippen LogP contribution in [-0.2, 0) is 16.0 Å². The van der Waals surface area contributed by atoms with E-state index in [0.29, 0.717) is 6.42 Å². The lowest BCUT2D eigenvalue weighted by atomic mass is 10.1. The van der Waals surface area contributed by atoms with Crippen LogP contribution in [0.4, 0.5) is 4.39 Å². The molecule has 0 aliphatic heterocycles. The van der Waals surface area contributed by atoms with E-state index in [9.17, 15) is 14.0 Å². The van der Waals surface area contributed by atoms with E-state index in [2.05, 4.69) is 10.6 Å². The van der Waals surface area contributed by atoms with E-state index < -0.39 is 0 Å². The maximum Gasteiger partial charge on any atom is 0.239 e. The van der Waals surface area contributed by atoms with Crippen molar-refractivity contribution < 1.29 is 14.0 Å². The highest BCUT2D eigenvalue weighted by atomic mass is 19.1. The molecule has 0 saturated heterocycles. The zero-order chi connectivity index (χ0) is 15.2. The Bertz CT molecular complexity index is 464. The van der Waals surface area contributed by atoms with Gasteiger partial charge in [-0.25, -0.2) is 4.39 Å². The first kappa shape index (κ1) is 16.1. The zero-order valence-corrected chi connectivity index (χ0v) is 12.1. The quantitative estimate of drug-likeness (QED) is 0.864. The third kappa shape index (κ3) is 6.87. The van der Waals surface area contributed by atoms with E-state index in [1.165, 1.54) is 12.1 Å². The summed E-state index contributed by atoms with van der Waals surface area (Å²) in [7, 11) is 0. The summed E-state index contributed by atoms with van der Waals surface area (Å²) in [5.41, 5.74) is 0.580. The molecule has 2 amide bonds. The van der Waals surface area contributed by atoms with E-state index in [4.69, 9.17) is 0 Å². The van der Waals surface area contributed by atoms with Gasteiger partial charge >= 0.3 is 0 Å². The van der Waals surface area contributed by atoms with E-state index in [1.54, 1.807) is 12.1 Å². The molecule has 0 aromatic heterocycles. The van der Waals surface area contributed by atoms with Gasteiger partial charge in [-0.3, -0.25) is 9.59 Å². The van der Waals surface area contributed by atoms with E-state index in [0.717, 1.165) is 5.56 Å². The Hall–Kier alpha value is -1.91. The first-order chi connectivity index (χ1) is 9.26. The highest BCUT2D eigenvalue weighted by Gasteiger charge is 2.14. The molecule has 0 unspecified atom stereocenters. The molecule has 0 fully saturated rings. The summed E-state index contributed by atoms with van der Waals surface area (Å²) < 4.78 is 12.7. The third-order valence-corrected chi connectivity index (χ3v) is 2.51. The molecule has 0 spiro atoms. The van der Waals surface area contributed by atoms with Crippen LogP contribution < -0.4 is 10.6 Å². The fourth-order valence-electron chi connectivity index (χ4n) is 1.64. The fraction of sp³-hybridized carbons (Fsp3) is 0.467. The second-order valence-electron chi connectivity index (χ2n) is 5.70. The topological polar surface area (TPSA) is 58.2 Å². The molecule has 1 rings (SSSR count). The van der Waals surface area contributed by atoms with Gasteiger partial charge in [0.15, 0.2) is 0 Å². The molecule has 0 aliphatic rings. The molecule has 110 valence electrons. The van der Waals surface area contributed by atoms with Crippen LogP contribution in [0.5, 0.6) is 0 Å². The average Bonchev–Trinajstić information content (AvgIpc) is 2.33. The summed E-state index contributed by atoms with van der Waals surface area (Å²) in [4.78, 5) is 23.1. The highest BCUT2D eigenvalue weighted by Crippen LogP contribution is 2.05. The maximum atomic E-state index is 12.7. The Kier molecular flexibility index (Phi) is 5.67. The minimum absolute atomic E-state index is 0.0283. The zero-order valence-electron chi connectivity index (χ0n) is 12.1. The van der Waals surface area contributed by atoms with Gasteiger partial charge in [-0.1, -0.05) is 12.1 Å². The molecule has 2 N–H and O–H groups in total. The normalized spacial score (nSPS) is 11.0. The molecular formula is C15H21FN2O2. The minimum atomic E-state index is -0.310. The molecule has 4 nitrogen and oxygen atoms in total. The van der Waals surface area contributed by atoms with Crippen LogP contribution in [-0.4, -0.2) is 23.9 Å². The van der Waals surface area contributed by atoms with Gasteiger partial charge in [-0.05, 0) is 44.9 Å². The first-order valence-electron chi connectivity index (χ1n) is 6.58. The van der Waals surface area contributed by atoms with Crippen LogP contribution in [0.3, 0.4) is 0 Å². The SMILES string of the molecule is CC(C)(C)NC(=O)CNC(=O)CCc1ccc(F)cc1. The molecule has 0 bridgehead atoms. The molecule has 1 aromatic rings. The van der Waals surface area contributed by atoms with Gasteiger partial charge < -0.3 is 10.6 Å². The Morgan fingerprint density at radius 1 is 1.10 bits per heavy atom. The predicted molar refractivity (Wildman–Crippen MR) is 75.6 cm³/mol. The Labute approximate surface area is 118 Å². The molecule has 0 radical (unpaired) electrons. The number of nitrogens with one attached hydrogen (secondary N) is 2. The van der Waals surface area contributed by atoms with Gasteiger partial charge in [0.2, 0.25) is 11.8 Å². The smallest absolute Gasteiger partial charge is 0.239 e. The van der Waals surface area contributed by atoms with Crippen LogP contribution in [0.25, 0.3) is 0 Å². The lowest BCUT2D eigenvalue weighted by molar-refractivity contribution is -0.126. The molecule has 5 heteroatoms. The monoisotopic (exact) mass is 280 g/mol. The summed E-state index contributed by atoms with van der Waals surface area (Å²) in [5, 5.41) is 5.32. The van der Waals surface area contributed by atoms with E-state index >= 15 is 0 Å². The Morgan fingerprint density at radius 3 is 2.25 bits per heavy atom. The maximum absolute atomic E-state index is 12.7. The van der Waals surface area contributed by atoms with Crippen molar-refractivity contribution in [1.29, 1.82) is 0 Å². The molecule has 1 aromatic carbocycles. The van der Waals surface area contributed by atoms with Gasteiger partial charge in [-0.2, -0.15) is 0 Å². The van der Waals surface area contributed by atoms with Crippen molar-refractivity contribution in [2.24, 2.45) is 0 Å². The van der Waals surface area contributed by atoms with Gasteiger partial charge in [0.25, 0.3) is 0 Å². The van der Waals surface area contributed by atoms with Crippen LogP contribution in [0, 0.1) is 5.82 Å². The largest absolute Gasteiger partial charge is 0.350 e. The number of amides is 2. The minimum Gasteiger partial charge on any atom is -0.350 e. The van der Waals surface area contributed by atoms with Gasteiger partial charge in [0.05, 0.1) is 6.54 Å². The van der Waals surface area contributed by atoms with Crippen molar-refractivity contribution in [3.8, 4) is 0 Å². The number of rotatable bonds is 5. The van der Waals surface area contributed by atoms with Crippen molar-refractivity contribution >= 4 is 11.8 Å². The predicted octanol–water partition coefficient (Wildman–Crippen LogP) is 1.79. The van der Waals surface area contributed by atoms with Gasteiger partial charge in [0, 0.05) is 12.0 Å². The van der Waals surface area contributed by atoms with Crippen molar-refractivity contribution in [1.82, 2.24) is 10.6 Å². The van der Waals surface area contributed by atoms with Gasteiger partial charge in [0.1, 0.15) is 5.82 Å². The summed E-state index contributed by atoms with van der Waals surface area (Å²) >= 11 is 0. The number of benzene rings is 1. The van der Waals surface area contributed by atoms with E-state index in [1.807, 2.05) is 20.8 Å². The molecule has 0 saturated carbocycles. The highest BCUT2D eigenvalue weighted by molar-refractivity contribution is 5.85. The van der Waals surface area contributed by atoms with Gasteiger partial charge in [-0.15, -0.1) is 0 Å². The second-order valence-corrected chi connectivity index (χ2v) is 5.70. The summed E-state index contributed by atoms with van der Waals surface area (Å²) in [5.74, 6) is -0.705. The molecular weight excluding hydrogens is 259 g/mol. The van der Waals surface area contributed by atoms with Crippen LogP contribution in [0.2, 0.25) is 0 Å². The molecule has 0 aliphatic carbocycles. The first-order valence-corrected chi connectivity index (χ1v) is 6.58. The lowest BCUT2D eigenvalue weighted by Crippen LogP contribution is -2.45. The number of carbonyl (C=O) groups excluding carboxylic acids is 2. The lowest BCUT2D eigenvalue weighted by Gasteiger charge is -2.20. The van der Waals surface area contributed by atoms with Crippen molar-refractivity contribution in [3.63, 3.8) is 0 Å². The van der Waals surface area contributed by atoms with Crippen LogP contribution >= 0.6 is 0 Å². The fourth-order valence-corrected chi connectivity index (χ4v) is 1.64. The molecule has 0 atom stereocenters. The second kappa shape index (κ2) is 7.03. The number of halogens is 1. The number of carbonyl (C=O) groups is 2. The van der Waals surface area contributed by atoms with Crippen molar-refractivity contribution in [2.45, 2.75) is 39.2 Å². The van der Waals surface area contributed by atoms with Crippen LogP contribution in [0.15, 0.2) is 24.3 Å². The number of aryl methyl sites for hydroxylation is 1. The molecule has 20 heavy (non-hydrogen) atoms. The Morgan fingerprint density at radius 2 is 1.70 bits per heavy atom. The standard InChI is InChI=1S/C15H21FN2O2/c1-15(2,3)18-14(20)10-17-13(19)9-6-11-4-7-12(16)8-5-11/h4-5,7-8H,6,9-10H2,1-3H3,(H,17,19)(H,18,20). The summed E-state index contributed by atoms with van der Waals surface area (Å²) in [6.07, 6.45) is 0.793. The Balaban J connectivity index is 2.27.